The molecule has 0 saturated carbocycles. The predicted octanol–water partition coefficient (Wildman–Crippen LogP) is 14.5. The molecule has 110 heavy (non-hydrogen) atoms. The fourth-order valence-electron chi connectivity index (χ4n) is 12.2. The summed E-state index contributed by atoms with van der Waals surface area (Å²) in [4.78, 5) is 29.9. The largest absolute Gasteiger partial charge is 0.515 e. The fraction of sp³-hybridized carbons (Fsp3) is 0.472. The highest BCUT2D eigenvalue weighted by Crippen LogP contribution is 2.42. The number of rotatable bonds is 37. The van der Waals surface area contributed by atoms with E-state index >= 15 is 0 Å². The number of carbonyl (C=O) groups excluding carboxylic acids is 2. The number of hydrogen-bond donors (Lipinski definition) is 4. The SMILES string of the molecule is CN1Cc2c(Cl)cc(Cl)cc2C(c2ccc(S(=O)(=O)NCCOCCOCCCC(=O)CCCOCCOCCNS(=O)(=O)c3ccc(C4CN(C)Cc5c(Cl)cc(Cl)cc54)cc3)cc2)C1.CN1Cc2c(Cl)cc(Cl)cc2C(c2ccc(S(=O)(=O)NCCOCCOCCN)cc2)C1.O=C(OC(Cl)(Cl)Cl)OC(Cl)(Cl)Cl. The Kier molecular flexibility index (Phi) is 39.1. The van der Waals surface area contributed by atoms with Crippen molar-refractivity contribution in [2.45, 2.75) is 85.7 Å². The number of nitrogens with one attached hydrogen (secondary N) is 3. The van der Waals surface area contributed by atoms with E-state index < -0.39 is 44.2 Å². The number of ether oxygens (including phenoxy) is 8. The minimum atomic E-state index is -3.73. The molecule has 0 spiro atoms. The van der Waals surface area contributed by atoms with Gasteiger partial charge in [-0.1, -0.05) is 106 Å². The van der Waals surface area contributed by atoms with E-state index in [1.165, 1.54) is 0 Å². The molecular formula is C72H87Cl12N7O16S3. The first-order valence-electron chi connectivity index (χ1n) is 34.5. The Hall–Kier alpha value is -2.93. The number of carbonyl (C=O) groups is 2. The first-order chi connectivity index (χ1) is 52.0. The highest BCUT2D eigenvalue weighted by atomic mass is 35.6. The van der Waals surface area contributed by atoms with Crippen molar-refractivity contribution in [2.24, 2.45) is 5.73 Å². The number of benzene rings is 6. The standard InChI is InChI=1S/C47H58Cl4N4O9S2.C22H29Cl2N3O4S.C3Cl6O3/c1-54-29-42(40-25-35(48)27-46(50)44(40)31-54)33-7-11-38(12-8-33)65(57,58)52-15-19-63-23-21-61-17-3-5-37(56)6-4-18-62-22-24-64-20-16-53-66(59,60)39-13-9-34(10-14-39)43-30-55(2)32-45-41(43)26-36(49)28-47(45)51;1-27-14-20(19-12-17(23)13-22(24)21(19)15-27)16-2-4-18(5-3-16)32(28,29)26-7-9-31-11-10-30-8-6-25;4-2(5,6)11-1(10)12-3(7,8)9/h7-14,25-28,42-43,52-53H,3-6,15-24,29-32H2,1-2H3;2-5,12-13,20,26H,6-11,14-15,25H2,1H3;. The van der Waals surface area contributed by atoms with Crippen LogP contribution in [0, 0.1) is 0 Å². The highest BCUT2D eigenvalue weighted by molar-refractivity contribution is 7.90. The van der Waals surface area contributed by atoms with Crippen molar-refractivity contribution >= 4 is 181 Å². The van der Waals surface area contributed by atoms with Gasteiger partial charge in [0.15, 0.2) is 0 Å². The summed E-state index contributed by atoms with van der Waals surface area (Å²) in [6.07, 6.45) is 0.571. The molecule has 608 valence electrons. The van der Waals surface area contributed by atoms with Crippen molar-refractivity contribution in [1.29, 1.82) is 0 Å². The Morgan fingerprint density at radius 2 is 0.673 bits per heavy atom. The summed E-state index contributed by atoms with van der Waals surface area (Å²) in [7, 11) is -4.99. The monoisotopic (exact) mass is 1820 g/mol. The van der Waals surface area contributed by atoms with Crippen LogP contribution in [0.15, 0.2) is 124 Å². The molecule has 9 rings (SSSR count). The van der Waals surface area contributed by atoms with Crippen LogP contribution in [0.1, 0.15) is 93.5 Å². The van der Waals surface area contributed by atoms with Crippen molar-refractivity contribution in [3.05, 3.63) is 189 Å². The van der Waals surface area contributed by atoms with Crippen molar-refractivity contribution in [3.63, 3.8) is 0 Å². The van der Waals surface area contributed by atoms with Crippen LogP contribution >= 0.6 is 139 Å². The van der Waals surface area contributed by atoms with Crippen LogP contribution < -0.4 is 19.9 Å². The molecule has 3 atom stereocenters. The smallest absolute Gasteiger partial charge is 0.382 e. The number of sulfonamides is 3. The summed E-state index contributed by atoms with van der Waals surface area (Å²) < 4.78 is 121. The van der Waals surface area contributed by atoms with Crippen molar-refractivity contribution in [3.8, 4) is 0 Å². The number of ketones is 1. The third kappa shape index (κ3) is 31.5. The first-order valence-corrected chi connectivity index (χ1v) is 43.5. The van der Waals surface area contributed by atoms with Crippen LogP contribution in [0.2, 0.25) is 30.1 Å². The van der Waals surface area contributed by atoms with E-state index in [4.69, 9.17) is 173 Å². The molecule has 0 aromatic heterocycles. The van der Waals surface area contributed by atoms with Crippen LogP contribution in [0.5, 0.6) is 0 Å². The van der Waals surface area contributed by atoms with Gasteiger partial charge in [0.2, 0.25) is 30.1 Å². The van der Waals surface area contributed by atoms with Crippen molar-refractivity contribution in [2.75, 3.05) is 146 Å². The number of halogens is 12. The molecule has 3 heterocycles. The average Bonchev–Trinajstić information content (AvgIpc) is 0.796. The van der Waals surface area contributed by atoms with Crippen molar-refractivity contribution in [1.82, 2.24) is 28.9 Å². The van der Waals surface area contributed by atoms with Gasteiger partial charge in [-0.25, -0.2) is 44.2 Å². The number of alkyl halides is 6. The molecule has 6 aromatic carbocycles. The maximum atomic E-state index is 12.9. The number of fused-ring (bicyclic) bond motifs is 3. The van der Waals surface area contributed by atoms with Crippen molar-refractivity contribution < 1.29 is 72.7 Å². The zero-order valence-corrected chi connectivity index (χ0v) is 71.7. The van der Waals surface area contributed by atoms with Crippen LogP contribution in [0.25, 0.3) is 0 Å². The third-order valence-corrected chi connectivity index (χ3v) is 23.7. The summed E-state index contributed by atoms with van der Waals surface area (Å²) in [5.74, 6) is 0.201. The van der Waals surface area contributed by atoms with E-state index in [1.54, 1.807) is 54.6 Å². The molecule has 38 heteroatoms. The summed E-state index contributed by atoms with van der Waals surface area (Å²) in [6, 6.07) is 31.8. The number of nitrogens with two attached hydrogens (primary N) is 1. The zero-order valence-electron chi connectivity index (χ0n) is 60.2. The van der Waals surface area contributed by atoms with Crippen LogP contribution in [-0.2, 0) is 92.4 Å². The quantitative estimate of drug-likeness (QED) is 0.0160. The van der Waals surface area contributed by atoms with Gasteiger partial charge in [0.1, 0.15) is 5.78 Å². The normalized spacial score (nSPS) is 16.4. The molecule has 3 unspecified atom stereocenters. The van der Waals surface area contributed by atoms with Crippen LogP contribution in [0.3, 0.4) is 0 Å². The highest BCUT2D eigenvalue weighted by Gasteiger charge is 2.34. The number of likely N-dealkylation sites (N-methyl/N-ethyl adjacent to an activating group) is 3. The molecule has 0 saturated heterocycles. The van der Waals surface area contributed by atoms with Crippen LogP contribution in [0.4, 0.5) is 4.79 Å². The minimum absolute atomic E-state index is 0.00939. The summed E-state index contributed by atoms with van der Waals surface area (Å²) in [5, 5.41) is 3.65. The summed E-state index contributed by atoms with van der Waals surface area (Å²) in [5.41, 5.74) is 14.6. The number of nitrogens with zero attached hydrogens (tertiary/aromatic N) is 3. The molecule has 6 aromatic rings. The molecular weight excluding hydrogens is 1740 g/mol. The Bertz CT molecular complexity index is 4130. The maximum Gasteiger partial charge on any atom is 0.515 e. The van der Waals surface area contributed by atoms with E-state index in [9.17, 15) is 34.8 Å². The van der Waals surface area contributed by atoms with Gasteiger partial charge in [0.05, 0.1) is 80.8 Å². The van der Waals surface area contributed by atoms with Gasteiger partial charge < -0.3 is 58.3 Å². The van der Waals surface area contributed by atoms with Gasteiger partial charge >= 0.3 is 14.1 Å². The number of hydrogen-bond acceptors (Lipinski definition) is 20. The number of Topliss-reactive ketones (excluding diaryl/α,β-unsaturated/α-hetero) is 1. The molecule has 3 aliphatic heterocycles. The van der Waals surface area contributed by atoms with Gasteiger partial charge in [-0.3, -0.25) is 4.79 Å². The lowest BCUT2D eigenvalue weighted by Gasteiger charge is -2.33. The van der Waals surface area contributed by atoms with E-state index in [0.717, 1.165) is 89.3 Å². The molecule has 5 N–H and O–H groups in total. The van der Waals surface area contributed by atoms with E-state index in [-0.39, 0.29) is 77.7 Å². The zero-order chi connectivity index (χ0) is 80.4. The fourth-order valence-corrected chi connectivity index (χ4v) is 17.3. The Morgan fingerprint density at radius 3 is 0.936 bits per heavy atom. The lowest BCUT2D eigenvalue weighted by atomic mass is 9.85. The minimum Gasteiger partial charge on any atom is -0.382 e. The van der Waals surface area contributed by atoms with Gasteiger partial charge in [-0.15, -0.1) is 0 Å². The topological polar surface area (TPSA) is 282 Å². The van der Waals surface area contributed by atoms with Gasteiger partial charge in [-0.05, 0) is 226 Å². The molecule has 0 radical (unpaired) electrons. The lowest BCUT2D eigenvalue weighted by Crippen LogP contribution is -2.31. The van der Waals surface area contributed by atoms with Gasteiger partial charge in [0.25, 0.3) is 0 Å². The lowest BCUT2D eigenvalue weighted by molar-refractivity contribution is -0.119. The van der Waals surface area contributed by atoms with Gasteiger partial charge in [-0.2, -0.15) is 0 Å². The van der Waals surface area contributed by atoms with Crippen LogP contribution in [-0.4, -0.2) is 206 Å². The second-order valence-corrected chi connectivity index (χ2v) is 37.8. The molecule has 3 aliphatic rings. The Labute approximate surface area is 703 Å². The molecule has 23 nitrogen and oxygen atoms in total. The van der Waals surface area contributed by atoms with E-state index in [2.05, 4.69) is 38.3 Å². The molecule has 0 amide bonds. The summed E-state index contributed by atoms with van der Waals surface area (Å²) in [6.45, 7) is 9.36. The predicted molar refractivity (Wildman–Crippen MR) is 434 cm³/mol. The van der Waals surface area contributed by atoms with Gasteiger partial charge in [0, 0.05) is 139 Å². The first kappa shape index (κ1) is 94.2. The second-order valence-electron chi connectivity index (χ2n) is 25.6. The molecule has 0 fully saturated rings. The Morgan fingerprint density at radius 1 is 0.409 bits per heavy atom. The molecule has 0 bridgehead atoms. The summed E-state index contributed by atoms with van der Waals surface area (Å²) >= 11 is 68.5. The van der Waals surface area contributed by atoms with E-state index in [0.29, 0.717) is 122 Å². The Balaban J connectivity index is 0.000000313. The van der Waals surface area contributed by atoms with E-state index in [1.807, 2.05) is 75.7 Å². The maximum absolute atomic E-state index is 12.9. The third-order valence-electron chi connectivity index (χ3n) is 17.1. The average molecular weight is 1830 g/mol. The second kappa shape index (κ2) is 45.7. The molecule has 0 aliphatic carbocycles.